The van der Waals surface area contributed by atoms with Gasteiger partial charge in [-0.05, 0) is 73.6 Å². The molecule has 4 nitrogen and oxygen atoms in total. The maximum Gasteiger partial charge on any atom is 0.101 e. The van der Waals surface area contributed by atoms with Crippen molar-refractivity contribution in [2.75, 3.05) is 20.1 Å². The number of piperidine rings is 1. The highest BCUT2D eigenvalue weighted by Crippen LogP contribution is 2.35. The van der Waals surface area contributed by atoms with E-state index in [0.717, 1.165) is 54.0 Å². The zero-order valence-electron chi connectivity index (χ0n) is 16.6. The lowest BCUT2D eigenvalue weighted by Gasteiger charge is -2.28. The number of hydrogen-bond donors (Lipinski definition) is 0. The highest BCUT2D eigenvalue weighted by atomic mass is 15.1. The van der Waals surface area contributed by atoms with Crippen molar-refractivity contribution >= 4 is 10.8 Å². The summed E-state index contributed by atoms with van der Waals surface area (Å²) in [6, 6.07) is 21.3. The number of likely N-dealkylation sites (tertiary alicyclic amines) is 1. The summed E-state index contributed by atoms with van der Waals surface area (Å²) in [7, 11) is 2.19. The third-order valence-corrected chi connectivity index (χ3v) is 5.96. The van der Waals surface area contributed by atoms with Crippen LogP contribution in [0.15, 0.2) is 73.1 Å². The SMILES string of the molecule is CN1CCC(c2cc(-c3ccncc3)c(-c3ccc4ccccc4c3)nn2)CC1. The Kier molecular flexibility index (Phi) is 4.78. The van der Waals surface area contributed by atoms with Crippen molar-refractivity contribution in [1.82, 2.24) is 20.1 Å². The van der Waals surface area contributed by atoms with Gasteiger partial charge in [-0.25, -0.2) is 0 Å². The average Bonchev–Trinajstić information content (AvgIpc) is 2.79. The van der Waals surface area contributed by atoms with Crippen LogP contribution in [0, 0.1) is 0 Å². The Morgan fingerprint density at radius 3 is 2.34 bits per heavy atom. The van der Waals surface area contributed by atoms with E-state index in [0.29, 0.717) is 5.92 Å². The van der Waals surface area contributed by atoms with Crippen LogP contribution < -0.4 is 0 Å². The van der Waals surface area contributed by atoms with Crippen molar-refractivity contribution < 1.29 is 0 Å². The van der Waals surface area contributed by atoms with E-state index in [2.05, 4.69) is 82.7 Å². The lowest BCUT2D eigenvalue weighted by molar-refractivity contribution is 0.253. The number of fused-ring (bicyclic) bond motifs is 1. The first kappa shape index (κ1) is 18.0. The minimum Gasteiger partial charge on any atom is -0.306 e. The molecular formula is C25H24N4. The van der Waals surface area contributed by atoms with Gasteiger partial charge in [0, 0.05) is 29.4 Å². The van der Waals surface area contributed by atoms with Gasteiger partial charge in [0.2, 0.25) is 0 Å². The van der Waals surface area contributed by atoms with E-state index in [1.165, 1.54) is 10.8 Å². The quantitative estimate of drug-likeness (QED) is 0.492. The molecule has 29 heavy (non-hydrogen) atoms. The van der Waals surface area contributed by atoms with Crippen LogP contribution in [0.5, 0.6) is 0 Å². The van der Waals surface area contributed by atoms with E-state index in [1.54, 1.807) is 0 Å². The Labute approximate surface area is 171 Å². The monoisotopic (exact) mass is 380 g/mol. The van der Waals surface area contributed by atoms with E-state index in [4.69, 9.17) is 5.10 Å². The highest BCUT2D eigenvalue weighted by molar-refractivity contribution is 5.89. The Hall–Kier alpha value is -3.11. The summed E-state index contributed by atoms with van der Waals surface area (Å²) >= 11 is 0. The molecule has 144 valence electrons. The van der Waals surface area contributed by atoms with Crippen LogP contribution in [0.2, 0.25) is 0 Å². The molecule has 2 aromatic heterocycles. The van der Waals surface area contributed by atoms with E-state index in [9.17, 15) is 0 Å². The third-order valence-electron chi connectivity index (χ3n) is 5.96. The summed E-state index contributed by atoms with van der Waals surface area (Å²) in [5, 5.41) is 11.9. The van der Waals surface area contributed by atoms with Crippen molar-refractivity contribution in [2.24, 2.45) is 0 Å². The number of aromatic nitrogens is 3. The molecule has 3 heterocycles. The summed E-state index contributed by atoms with van der Waals surface area (Å²) in [4.78, 5) is 6.58. The molecule has 0 N–H and O–H groups in total. The summed E-state index contributed by atoms with van der Waals surface area (Å²) in [6.07, 6.45) is 5.96. The smallest absolute Gasteiger partial charge is 0.101 e. The maximum atomic E-state index is 4.74. The fraction of sp³-hybridized carbons (Fsp3) is 0.240. The summed E-state index contributed by atoms with van der Waals surface area (Å²) in [5.74, 6) is 0.477. The molecule has 1 saturated heterocycles. The molecule has 4 aromatic rings. The first-order valence-electron chi connectivity index (χ1n) is 10.2. The molecule has 1 aliphatic rings. The molecule has 0 amide bonds. The van der Waals surface area contributed by atoms with Gasteiger partial charge in [0.15, 0.2) is 0 Å². The predicted octanol–water partition coefficient (Wildman–Crippen LogP) is 5.17. The molecule has 0 unspecified atom stereocenters. The van der Waals surface area contributed by atoms with Crippen molar-refractivity contribution in [3.8, 4) is 22.4 Å². The lowest BCUT2D eigenvalue weighted by Crippen LogP contribution is -2.29. The molecule has 0 atom stereocenters. The van der Waals surface area contributed by atoms with Gasteiger partial charge < -0.3 is 4.90 Å². The van der Waals surface area contributed by atoms with E-state index < -0.39 is 0 Å². The lowest BCUT2D eigenvalue weighted by atomic mass is 9.91. The largest absolute Gasteiger partial charge is 0.306 e. The molecule has 0 aliphatic carbocycles. The van der Waals surface area contributed by atoms with Crippen molar-refractivity contribution in [1.29, 1.82) is 0 Å². The van der Waals surface area contributed by atoms with E-state index in [1.807, 2.05) is 12.4 Å². The fourth-order valence-corrected chi connectivity index (χ4v) is 4.21. The van der Waals surface area contributed by atoms with Gasteiger partial charge in [-0.3, -0.25) is 4.98 Å². The van der Waals surface area contributed by atoms with Gasteiger partial charge in [0.1, 0.15) is 5.69 Å². The molecule has 4 heteroatoms. The molecule has 2 aromatic carbocycles. The summed E-state index contributed by atoms with van der Waals surface area (Å²) in [5.41, 5.74) is 5.39. The maximum absolute atomic E-state index is 4.74. The number of pyridine rings is 1. The number of hydrogen-bond acceptors (Lipinski definition) is 4. The van der Waals surface area contributed by atoms with Crippen LogP contribution in [0.25, 0.3) is 33.2 Å². The second-order valence-electron chi connectivity index (χ2n) is 7.91. The van der Waals surface area contributed by atoms with Gasteiger partial charge in [-0.15, -0.1) is 5.10 Å². The fourth-order valence-electron chi connectivity index (χ4n) is 4.21. The minimum atomic E-state index is 0.477. The van der Waals surface area contributed by atoms with Crippen molar-refractivity contribution in [3.63, 3.8) is 0 Å². The number of nitrogens with zero attached hydrogens (tertiary/aromatic N) is 4. The van der Waals surface area contributed by atoms with Crippen LogP contribution >= 0.6 is 0 Å². The van der Waals surface area contributed by atoms with Gasteiger partial charge in [-0.1, -0.05) is 36.4 Å². The molecular weight excluding hydrogens is 356 g/mol. The van der Waals surface area contributed by atoms with Crippen LogP contribution in [0.3, 0.4) is 0 Å². The second kappa shape index (κ2) is 7.72. The number of benzene rings is 2. The standard InChI is InChI=1S/C25H24N4/c1-29-14-10-20(11-15-29)24-17-23(19-8-12-26-13-9-19)25(28-27-24)22-7-6-18-4-2-3-5-21(18)16-22/h2-9,12-13,16-17,20H,10-11,14-15H2,1H3. The second-order valence-corrected chi connectivity index (χ2v) is 7.91. The van der Waals surface area contributed by atoms with E-state index in [-0.39, 0.29) is 0 Å². The van der Waals surface area contributed by atoms with Gasteiger partial charge in [0.25, 0.3) is 0 Å². The Morgan fingerprint density at radius 1 is 0.793 bits per heavy atom. The summed E-state index contributed by atoms with van der Waals surface area (Å²) in [6.45, 7) is 2.23. The molecule has 1 fully saturated rings. The van der Waals surface area contributed by atoms with Crippen molar-refractivity contribution in [2.45, 2.75) is 18.8 Å². The van der Waals surface area contributed by atoms with Crippen LogP contribution in [0.4, 0.5) is 0 Å². The number of rotatable bonds is 3. The molecule has 0 bridgehead atoms. The van der Waals surface area contributed by atoms with Crippen molar-refractivity contribution in [3.05, 3.63) is 78.8 Å². The van der Waals surface area contributed by atoms with Crippen LogP contribution in [-0.2, 0) is 0 Å². The molecule has 0 spiro atoms. The summed E-state index contributed by atoms with van der Waals surface area (Å²) < 4.78 is 0. The zero-order chi connectivity index (χ0) is 19.6. The molecule has 0 radical (unpaired) electrons. The first-order valence-corrected chi connectivity index (χ1v) is 10.2. The Bertz CT molecular complexity index is 1130. The normalized spacial score (nSPS) is 15.6. The van der Waals surface area contributed by atoms with Crippen LogP contribution in [0.1, 0.15) is 24.5 Å². The van der Waals surface area contributed by atoms with Crippen LogP contribution in [-0.4, -0.2) is 40.2 Å². The van der Waals surface area contributed by atoms with Gasteiger partial charge in [0.05, 0.1) is 5.69 Å². The first-order chi connectivity index (χ1) is 14.3. The van der Waals surface area contributed by atoms with Gasteiger partial charge >= 0.3 is 0 Å². The van der Waals surface area contributed by atoms with Gasteiger partial charge in [-0.2, -0.15) is 5.10 Å². The van der Waals surface area contributed by atoms with E-state index >= 15 is 0 Å². The topological polar surface area (TPSA) is 41.9 Å². The molecule has 0 saturated carbocycles. The Morgan fingerprint density at radius 2 is 1.55 bits per heavy atom. The highest BCUT2D eigenvalue weighted by Gasteiger charge is 2.22. The minimum absolute atomic E-state index is 0.477. The molecule has 1 aliphatic heterocycles. The average molecular weight is 380 g/mol. The third kappa shape index (κ3) is 3.64. The Balaban J connectivity index is 1.62. The zero-order valence-corrected chi connectivity index (χ0v) is 16.6. The molecule has 5 rings (SSSR count). The predicted molar refractivity (Wildman–Crippen MR) is 118 cm³/mol.